The lowest BCUT2D eigenvalue weighted by Crippen LogP contribution is -2.24. The number of benzene rings is 3. The SMILES string of the molecule is CCOc1ccc2ccccc2c1/C=N/NC(=O)COc1ccccc1Br. The third-order valence-electron chi connectivity index (χ3n) is 3.81. The van der Waals surface area contributed by atoms with Gasteiger partial charge in [0.15, 0.2) is 6.61 Å². The lowest BCUT2D eigenvalue weighted by Gasteiger charge is -2.10. The quantitative estimate of drug-likeness (QED) is 0.445. The number of carbonyl (C=O) groups excluding carboxylic acids is 1. The van der Waals surface area contributed by atoms with Gasteiger partial charge in [-0.05, 0) is 51.8 Å². The number of nitrogens with one attached hydrogen (secondary N) is 1. The van der Waals surface area contributed by atoms with Crippen LogP contribution in [0.15, 0.2) is 70.2 Å². The van der Waals surface area contributed by atoms with E-state index in [0.717, 1.165) is 26.6 Å². The first kappa shape index (κ1) is 18.9. The van der Waals surface area contributed by atoms with Gasteiger partial charge in [0.25, 0.3) is 5.91 Å². The first-order chi connectivity index (χ1) is 13.2. The monoisotopic (exact) mass is 426 g/mol. The summed E-state index contributed by atoms with van der Waals surface area (Å²) in [4.78, 5) is 12.0. The summed E-state index contributed by atoms with van der Waals surface area (Å²) in [5, 5.41) is 6.15. The Labute approximate surface area is 166 Å². The van der Waals surface area contributed by atoms with Crippen LogP contribution in [0.4, 0.5) is 0 Å². The van der Waals surface area contributed by atoms with Crippen molar-refractivity contribution in [3.8, 4) is 11.5 Å². The molecule has 0 radical (unpaired) electrons. The van der Waals surface area contributed by atoms with Gasteiger partial charge in [-0.1, -0.05) is 42.5 Å². The van der Waals surface area contributed by atoms with Crippen LogP contribution in [-0.2, 0) is 4.79 Å². The molecule has 138 valence electrons. The Bertz CT molecular complexity index is 973. The minimum Gasteiger partial charge on any atom is -0.493 e. The van der Waals surface area contributed by atoms with Crippen LogP contribution in [-0.4, -0.2) is 25.3 Å². The fourth-order valence-corrected chi connectivity index (χ4v) is 3.00. The number of hydrazone groups is 1. The number of fused-ring (bicyclic) bond motifs is 1. The summed E-state index contributed by atoms with van der Waals surface area (Å²) in [7, 11) is 0. The zero-order valence-electron chi connectivity index (χ0n) is 14.8. The summed E-state index contributed by atoms with van der Waals surface area (Å²) in [6.45, 7) is 2.34. The molecule has 0 spiro atoms. The summed E-state index contributed by atoms with van der Waals surface area (Å²) in [6.07, 6.45) is 1.60. The number of halogens is 1. The van der Waals surface area contributed by atoms with Crippen molar-refractivity contribution in [3.63, 3.8) is 0 Å². The van der Waals surface area contributed by atoms with E-state index in [1.807, 2.05) is 61.5 Å². The molecule has 3 aromatic carbocycles. The maximum absolute atomic E-state index is 12.0. The van der Waals surface area contributed by atoms with Crippen molar-refractivity contribution < 1.29 is 14.3 Å². The van der Waals surface area contributed by atoms with Crippen LogP contribution in [0, 0.1) is 0 Å². The molecule has 0 saturated carbocycles. The van der Waals surface area contributed by atoms with Crippen LogP contribution in [0.2, 0.25) is 0 Å². The van der Waals surface area contributed by atoms with Gasteiger partial charge < -0.3 is 9.47 Å². The van der Waals surface area contributed by atoms with Crippen LogP contribution >= 0.6 is 15.9 Å². The highest BCUT2D eigenvalue weighted by atomic mass is 79.9. The van der Waals surface area contributed by atoms with Crippen molar-refractivity contribution in [3.05, 3.63) is 70.7 Å². The van der Waals surface area contributed by atoms with Gasteiger partial charge in [0, 0.05) is 5.56 Å². The number of ether oxygens (including phenoxy) is 2. The molecule has 6 heteroatoms. The molecule has 0 fully saturated rings. The van der Waals surface area contributed by atoms with Gasteiger partial charge in [-0.2, -0.15) is 5.10 Å². The molecule has 27 heavy (non-hydrogen) atoms. The topological polar surface area (TPSA) is 59.9 Å². The third kappa shape index (κ3) is 4.86. The van der Waals surface area contributed by atoms with Gasteiger partial charge in [-0.3, -0.25) is 4.79 Å². The Kier molecular flexibility index (Phi) is 6.44. The van der Waals surface area contributed by atoms with Crippen molar-refractivity contribution in [1.29, 1.82) is 0 Å². The van der Waals surface area contributed by atoms with E-state index in [9.17, 15) is 4.79 Å². The largest absolute Gasteiger partial charge is 0.493 e. The number of carbonyl (C=O) groups is 1. The van der Waals surface area contributed by atoms with Gasteiger partial charge in [0.05, 0.1) is 17.3 Å². The molecule has 0 atom stereocenters. The zero-order valence-corrected chi connectivity index (χ0v) is 16.4. The second-order valence-corrected chi connectivity index (χ2v) is 6.50. The van der Waals surface area contributed by atoms with E-state index < -0.39 is 0 Å². The first-order valence-corrected chi connectivity index (χ1v) is 9.32. The van der Waals surface area contributed by atoms with E-state index in [2.05, 4.69) is 26.5 Å². The van der Waals surface area contributed by atoms with Crippen molar-refractivity contribution >= 4 is 38.8 Å². The van der Waals surface area contributed by atoms with Crippen molar-refractivity contribution in [2.75, 3.05) is 13.2 Å². The number of rotatable bonds is 7. The Morgan fingerprint density at radius 2 is 1.81 bits per heavy atom. The van der Waals surface area contributed by atoms with Gasteiger partial charge >= 0.3 is 0 Å². The molecular formula is C21H19BrN2O3. The number of amides is 1. The predicted octanol–water partition coefficient (Wildman–Crippen LogP) is 4.53. The third-order valence-corrected chi connectivity index (χ3v) is 4.46. The summed E-state index contributed by atoms with van der Waals surface area (Å²) in [5.41, 5.74) is 3.31. The molecule has 0 aliphatic rings. The van der Waals surface area contributed by atoms with Crippen LogP contribution in [0.1, 0.15) is 12.5 Å². The molecule has 0 bridgehead atoms. The molecule has 1 N–H and O–H groups in total. The summed E-state index contributed by atoms with van der Waals surface area (Å²) >= 11 is 3.38. The molecule has 0 aliphatic carbocycles. The molecule has 0 unspecified atom stereocenters. The highest BCUT2D eigenvalue weighted by molar-refractivity contribution is 9.10. The fraction of sp³-hybridized carbons (Fsp3) is 0.143. The van der Waals surface area contributed by atoms with Crippen LogP contribution < -0.4 is 14.9 Å². The average Bonchev–Trinajstić information content (AvgIpc) is 2.69. The summed E-state index contributed by atoms with van der Waals surface area (Å²) in [6, 6.07) is 19.2. The van der Waals surface area contributed by atoms with Crippen molar-refractivity contribution in [1.82, 2.24) is 5.43 Å². The fourth-order valence-electron chi connectivity index (χ4n) is 2.60. The molecular weight excluding hydrogens is 408 g/mol. The molecule has 1 amide bonds. The number of para-hydroxylation sites is 1. The van der Waals surface area contributed by atoms with Crippen LogP contribution in [0.5, 0.6) is 11.5 Å². The molecule has 0 heterocycles. The summed E-state index contributed by atoms with van der Waals surface area (Å²) in [5.74, 6) is 0.975. The highest BCUT2D eigenvalue weighted by Gasteiger charge is 2.08. The molecule has 0 aromatic heterocycles. The Balaban J connectivity index is 1.69. The molecule has 3 rings (SSSR count). The van der Waals surface area contributed by atoms with Crippen molar-refractivity contribution in [2.24, 2.45) is 5.10 Å². The van der Waals surface area contributed by atoms with Gasteiger partial charge in [-0.15, -0.1) is 0 Å². The lowest BCUT2D eigenvalue weighted by molar-refractivity contribution is -0.123. The van der Waals surface area contributed by atoms with E-state index in [1.165, 1.54) is 0 Å². The molecule has 5 nitrogen and oxygen atoms in total. The van der Waals surface area contributed by atoms with Crippen molar-refractivity contribution in [2.45, 2.75) is 6.92 Å². The maximum atomic E-state index is 12.0. The molecule has 0 saturated heterocycles. The Morgan fingerprint density at radius 3 is 2.63 bits per heavy atom. The first-order valence-electron chi connectivity index (χ1n) is 8.53. The predicted molar refractivity (Wildman–Crippen MR) is 110 cm³/mol. The van der Waals surface area contributed by atoms with Crippen LogP contribution in [0.3, 0.4) is 0 Å². The maximum Gasteiger partial charge on any atom is 0.277 e. The lowest BCUT2D eigenvalue weighted by atomic mass is 10.0. The average molecular weight is 427 g/mol. The van der Waals surface area contributed by atoms with E-state index >= 15 is 0 Å². The second-order valence-electron chi connectivity index (χ2n) is 5.64. The van der Waals surface area contributed by atoms with E-state index in [0.29, 0.717) is 12.4 Å². The van der Waals surface area contributed by atoms with E-state index in [-0.39, 0.29) is 12.5 Å². The minimum atomic E-state index is -0.347. The van der Waals surface area contributed by atoms with Gasteiger partial charge in [0.1, 0.15) is 11.5 Å². The molecule has 3 aromatic rings. The summed E-state index contributed by atoms with van der Waals surface area (Å²) < 4.78 is 12.0. The van der Waals surface area contributed by atoms with E-state index in [4.69, 9.17) is 9.47 Å². The zero-order chi connectivity index (χ0) is 19.1. The normalized spacial score (nSPS) is 10.9. The second kappa shape index (κ2) is 9.19. The van der Waals surface area contributed by atoms with Gasteiger partial charge in [0.2, 0.25) is 0 Å². The molecule has 0 aliphatic heterocycles. The minimum absolute atomic E-state index is 0.131. The number of nitrogens with zero attached hydrogens (tertiary/aromatic N) is 1. The number of hydrogen-bond acceptors (Lipinski definition) is 4. The number of hydrogen-bond donors (Lipinski definition) is 1. The highest BCUT2D eigenvalue weighted by Crippen LogP contribution is 2.26. The Morgan fingerprint density at radius 1 is 1.04 bits per heavy atom. The van der Waals surface area contributed by atoms with Crippen LogP contribution in [0.25, 0.3) is 10.8 Å². The van der Waals surface area contributed by atoms with E-state index in [1.54, 1.807) is 12.3 Å². The standard InChI is InChI=1S/C21H19BrN2O3/c1-2-26-19-12-11-15-7-3-4-8-16(15)17(19)13-23-24-21(25)14-27-20-10-6-5-9-18(20)22/h3-13H,2,14H2,1H3,(H,24,25)/b23-13+. The Hall–Kier alpha value is -2.86. The van der Waals surface area contributed by atoms with Gasteiger partial charge in [-0.25, -0.2) is 5.43 Å². The smallest absolute Gasteiger partial charge is 0.277 e.